The Morgan fingerprint density at radius 1 is 0.900 bits per heavy atom. The van der Waals surface area contributed by atoms with Gasteiger partial charge in [-0.1, -0.05) is 0 Å². The van der Waals surface area contributed by atoms with Crippen molar-refractivity contribution in [2.24, 2.45) is 0 Å². The molecule has 0 rings (SSSR count). The predicted octanol–water partition coefficient (Wildman–Crippen LogP) is -6.34. The van der Waals surface area contributed by atoms with Gasteiger partial charge >= 0.3 is 29.6 Å². The van der Waals surface area contributed by atoms with E-state index in [1.54, 1.807) is 0 Å². The number of phosphoric acid groups is 2. The zero-order chi connectivity index (χ0) is 7.71. The number of hydrogen-bond acceptors (Lipinski definition) is 7. The average Bonchev–Trinajstić information content (AvgIpc) is 1.14. The Hall–Kier alpha value is 1.26. The van der Waals surface area contributed by atoms with Gasteiger partial charge in [0.2, 0.25) is 0 Å². The van der Waals surface area contributed by atoms with Crippen molar-refractivity contribution < 1.29 is 62.6 Å². The monoisotopic (exact) mass is 197 g/mol. The van der Waals surface area contributed by atoms with Crippen molar-refractivity contribution in [2.45, 2.75) is 0 Å². The summed E-state index contributed by atoms with van der Waals surface area (Å²) in [6, 6.07) is 0. The summed E-state index contributed by atoms with van der Waals surface area (Å²) in [5, 5.41) is 0. The van der Waals surface area contributed by atoms with Gasteiger partial charge in [0.1, 0.15) is 0 Å². The van der Waals surface area contributed by atoms with Crippen molar-refractivity contribution in [3.05, 3.63) is 0 Å². The Bertz CT molecular complexity index is 152. The van der Waals surface area contributed by atoms with E-state index >= 15 is 0 Å². The van der Waals surface area contributed by atoms with Gasteiger partial charge in [-0.05, 0) is 0 Å². The van der Waals surface area contributed by atoms with E-state index in [0.717, 1.165) is 0 Å². The Morgan fingerprint density at radius 2 is 1.10 bits per heavy atom. The molecule has 0 heterocycles. The van der Waals surface area contributed by atoms with Crippen molar-refractivity contribution in [1.29, 1.82) is 0 Å². The van der Waals surface area contributed by atoms with E-state index in [1.165, 1.54) is 0 Å². The molecule has 0 saturated carbocycles. The molecule has 0 spiro atoms. The van der Waals surface area contributed by atoms with Crippen LogP contribution >= 0.6 is 15.6 Å². The molecule has 7 nitrogen and oxygen atoms in total. The summed E-state index contributed by atoms with van der Waals surface area (Å²) in [5.74, 6) is 0. The molecular weight excluding hydrogens is 197 g/mol. The van der Waals surface area contributed by atoms with Gasteiger partial charge in [-0.25, -0.2) is 0 Å². The van der Waals surface area contributed by atoms with Crippen LogP contribution in [0.15, 0.2) is 0 Å². The fourth-order valence-corrected chi connectivity index (χ4v) is 1.10. The normalized spacial score (nSPS) is 12.4. The number of hydrogen-bond donors (Lipinski definition) is 0. The molecule has 0 radical (unpaired) electrons. The fourth-order valence-electron chi connectivity index (χ4n) is 0.122. The molecule has 0 aromatic rings. The maximum atomic E-state index is 9.32. The van der Waals surface area contributed by atoms with Crippen LogP contribution in [0.4, 0.5) is 0 Å². The Labute approximate surface area is 78.2 Å². The maximum Gasteiger partial charge on any atom is 1.00 e. The van der Waals surface area contributed by atoms with Crippen LogP contribution in [0, 0.1) is 0 Å². The number of rotatable bonds is 2. The molecule has 0 N–H and O–H groups in total. The summed E-state index contributed by atoms with van der Waals surface area (Å²) in [5.41, 5.74) is 0. The summed E-state index contributed by atoms with van der Waals surface area (Å²) in [6.07, 6.45) is 0. The third kappa shape index (κ3) is 12.0. The second kappa shape index (κ2) is 4.33. The van der Waals surface area contributed by atoms with E-state index in [9.17, 15) is 28.7 Å². The second-order valence-corrected chi connectivity index (χ2v) is 3.42. The minimum absolute atomic E-state index is 0. The molecule has 0 amide bonds. The molecule has 0 atom stereocenters. The molecular formula is NaO7P2-3. The van der Waals surface area contributed by atoms with Gasteiger partial charge in [-0.3, -0.25) is 0 Å². The molecule has 0 fully saturated rings. The molecule has 0 saturated heterocycles. The van der Waals surface area contributed by atoms with Crippen LogP contribution in [-0.4, -0.2) is 0 Å². The average molecular weight is 197 g/mol. The van der Waals surface area contributed by atoms with Crippen molar-refractivity contribution in [3.8, 4) is 0 Å². The smallest absolute Gasteiger partial charge is 0.790 e. The SMILES string of the molecule is O=P([O-])([O-])OP(=O)([O-])[O-].[Na+]. The summed E-state index contributed by atoms with van der Waals surface area (Å²) >= 11 is 0. The quantitative estimate of drug-likeness (QED) is 0.317. The molecule has 0 aliphatic heterocycles. The van der Waals surface area contributed by atoms with E-state index in [-0.39, 0.29) is 29.6 Å². The van der Waals surface area contributed by atoms with E-state index in [1.807, 2.05) is 0 Å². The summed E-state index contributed by atoms with van der Waals surface area (Å²) in [7, 11) is -11.4. The topological polar surface area (TPSA) is 136 Å². The van der Waals surface area contributed by atoms with Gasteiger partial charge in [-0.15, -0.1) is 0 Å². The molecule has 0 aromatic heterocycles. The maximum absolute atomic E-state index is 9.32. The van der Waals surface area contributed by atoms with Crippen LogP contribution in [0.2, 0.25) is 0 Å². The van der Waals surface area contributed by atoms with E-state index in [4.69, 9.17) is 0 Å². The van der Waals surface area contributed by atoms with Crippen LogP contribution in [0.25, 0.3) is 0 Å². The fraction of sp³-hybridized carbons (Fsp3) is 0. The molecule has 10 heavy (non-hydrogen) atoms. The first-order chi connectivity index (χ1) is 3.71. The largest absolute Gasteiger partial charge is 1.00 e. The van der Waals surface area contributed by atoms with Gasteiger partial charge in [0.05, 0.1) is 15.6 Å². The first kappa shape index (κ1) is 13.8. The van der Waals surface area contributed by atoms with Crippen molar-refractivity contribution in [3.63, 3.8) is 0 Å². The molecule has 0 aliphatic carbocycles. The Kier molecular flexibility index (Phi) is 5.98. The third-order valence-electron chi connectivity index (χ3n) is 0.200. The molecule has 0 unspecified atom stereocenters. The zero-order valence-electron chi connectivity index (χ0n) is 4.75. The zero-order valence-corrected chi connectivity index (χ0v) is 8.54. The van der Waals surface area contributed by atoms with Gasteiger partial charge < -0.3 is 33.0 Å². The summed E-state index contributed by atoms with van der Waals surface area (Å²) < 4.78 is 21.2. The Morgan fingerprint density at radius 3 is 1.10 bits per heavy atom. The first-order valence-electron chi connectivity index (χ1n) is 1.46. The third-order valence-corrected chi connectivity index (χ3v) is 1.80. The van der Waals surface area contributed by atoms with Crippen LogP contribution in [0.3, 0.4) is 0 Å². The molecule has 0 aliphatic rings. The van der Waals surface area contributed by atoms with Crippen molar-refractivity contribution in [1.82, 2.24) is 0 Å². The van der Waals surface area contributed by atoms with Crippen LogP contribution < -0.4 is 49.1 Å². The van der Waals surface area contributed by atoms with E-state index in [2.05, 4.69) is 4.31 Å². The predicted molar refractivity (Wildman–Crippen MR) is 16.3 cm³/mol. The van der Waals surface area contributed by atoms with Gasteiger partial charge in [-0.2, -0.15) is 0 Å². The summed E-state index contributed by atoms with van der Waals surface area (Å²) in [4.78, 5) is 37.3. The van der Waals surface area contributed by atoms with Gasteiger partial charge in [0, 0.05) is 0 Å². The standard InChI is InChI=1S/Na.H4O7P2/c;1-8(2,3)7-9(4,5)6/h;(H2,1,2,3)(H2,4,5,6)/q+1;/p-4. The van der Waals surface area contributed by atoms with Crippen molar-refractivity contribution in [2.75, 3.05) is 0 Å². The molecule has 0 bridgehead atoms. The molecule has 56 valence electrons. The van der Waals surface area contributed by atoms with Crippen molar-refractivity contribution >= 4 is 15.6 Å². The molecule has 0 aromatic carbocycles. The minimum Gasteiger partial charge on any atom is -0.790 e. The second-order valence-electron chi connectivity index (χ2n) is 0.976. The van der Waals surface area contributed by atoms with Gasteiger partial charge in [0.25, 0.3) is 0 Å². The first-order valence-corrected chi connectivity index (χ1v) is 4.38. The van der Waals surface area contributed by atoms with Crippen LogP contribution in [0.5, 0.6) is 0 Å². The van der Waals surface area contributed by atoms with Crippen LogP contribution in [0.1, 0.15) is 0 Å². The van der Waals surface area contributed by atoms with E-state index in [0.29, 0.717) is 0 Å². The summed E-state index contributed by atoms with van der Waals surface area (Å²) in [6.45, 7) is 0. The minimum atomic E-state index is -5.68. The molecule has 10 heteroatoms. The Balaban J connectivity index is 0. The van der Waals surface area contributed by atoms with Crippen LogP contribution in [-0.2, 0) is 13.4 Å². The van der Waals surface area contributed by atoms with Gasteiger partial charge in [0.15, 0.2) is 0 Å². The van der Waals surface area contributed by atoms with E-state index < -0.39 is 15.6 Å².